The highest BCUT2D eigenvalue weighted by Crippen LogP contribution is 2.45. The maximum atomic E-state index is 13.6. The van der Waals surface area contributed by atoms with Crippen molar-refractivity contribution < 1.29 is 44.0 Å². The maximum Gasteiger partial charge on any atom is 0.335 e. The van der Waals surface area contributed by atoms with Gasteiger partial charge in [-0.2, -0.15) is 5.26 Å². The van der Waals surface area contributed by atoms with Gasteiger partial charge in [-0.25, -0.2) is 18.8 Å². The van der Waals surface area contributed by atoms with Crippen LogP contribution in [0.1, 0.15) is 28.9 Å². The third-order valence-corrected chi connectivity index (χ3v) is 7.51. The van der Waals surface area contributed by atoms with E-state index in [1.165, 1.54) is 5.56 Å². The molecule has 2 heterocycles. The van der Waals surface area contributed by atoms with E-state index in [1.54, 1.807) is 19.0 Å². The number of nitrogens with one attached hydrogen (secondary N) is 1. The minimum absolute atomic E-state index is 0.00691. The van der Waals surface area contributed by atoms with Gasteiger partial charge in [0.15, 0.2) is 12.2 Å². The van der Waals surface area contributed by atoms with Gasteiger partial charge in [-0.1, -0.05) is 30.3 Å². The lowest BCUT2D eigenvalue weighted by Crippen LogP contribution is -2.49. The molecule has 0 bridgehead atoms. The van der Waals surface area contributed by atoms with Gasteiger partial charge in [0.05, 0.1) is 6.54 Å². The van der Waals surface area contributed by atoms with Gasteiger partial charge in [0.1, 0.15) is 17.6 Å². The minimum Gasteiger partial charge on any atom is -0.479 e. The van der Waals surface area contributed by atoms with Crippen LogP contribution in [0.4, 0.5) is 9.18 Å². The second-order valence-electron chi connectivity index (χ2n) is 10.8. The number of carboxylic acids is 2. The van der Waals surface area contributed by atoms with E-state index in [1.807, 2.05) is 29.2 Å². The predicted octanol–water partition coefficient (Wildman–Crippen LogP) is 0.611. The fourth-order valence-electron chi connectivity index (χ4n) is 5.61. The number of carbonyl (C=O) groups excluding carboxylic acids is 2. The number of nitriles is 1. The van der Waals surface area contributed by atoms with Crippen LogP contribution in [0.25, 0.3) is 0 Å². The molecule has 13 nitrogen and oxygen atoms in total. The minimum atomic E-state index is -2.27. The molecule has 4 rings (SSSR count). The molecule has 14 heteroatoms. The Balaban J connectivity index is 0.000000416. The van der Waals surface area contributed by atoms with Gasteiger partial charge in [-0.15, -0.1) is 0 Å². The number of urea groups is 1. The van der Waals surface area contributed by atoms with Crippen LogP contribution in [0.5, 0.6) is 0 Å². The van der Waals surface area contributed by atoms with Crippen molar-refractivity contribution in [1.29, 1.82) is 5.26 Å². The number of rotatable bonds is 8. The van der Waals surface area contributed by atoms with E-state index in [9.17, 15) is 28.8 Å². The van der Waals surface area contributed by atoms with E-state index in [0.717, 1.165) is 49.2 Å². The van der Waals surface area contributed by atoms with Crippen LogP contribution in [0.2, 0.25) is 0 Å². The van der Waals surface area contributed by atoms with Gasteiger partial charge in [-0.3, -0.25) is 9.36 Å². The van der Waals surface area contributed by atoms with E-state index < -0.39 is 30.0 Å². The van der Waals surface area contributed by atoms with Gasteiger partial charge < -0.3 is 35.5 Å². The Kier molecular flexibility index (Phi) is 10.4. The van der Waals surface area contributed by atoms with Crippen molar-refractivity contribution in [2.24, 2.45) is 11.8 Å². The first-order valence-electron chi connectivity index (χ1n) is 13.1. The van der Waals surface area contributed by atoms with Crippen molar-refractivity contribution in [2.75, 3.05) is 33.7 Å². The number of carbonyl (C=O) groups is 4. The van der Waals surface area contributed by atoms with Gasteiger partial charge in [0.2, 0.25) is 5.91 Å². The number of aliphatic carboxylic acids is 2. The van der Waals surface area contributed by atoms with Crippen LogP contribution >= 0.6 is 0 Å². The van der Waals surface area contributed by atoms with Crippen LogP contribution in [-0.4, -0.2) is 110 Å². The van der Waals surface area contributed by atoms with E-state index in [4.69, 9.17) is 20.4 Å². The predicted molar refractivity (Wildman–Crippen MR) is 145 cm³/mol. The number of benzene rings is 1. The SMILES string of the molecule is CN(C)C(=O)N1CC2CC(Cc3ccccc3)(NCC(=O)n3cc(F)cc3C#N)CC2C1.O=C(O)C(O)C(O)C(=O)O. The summed E-state index contributed by atoms with van der Waals surface area (Å²) in [7, 11) is 3.53. The highest BCUT2D eigenvalue weighted by atomic mass is 19.1. The average molecular weight is 588 g/mol. The van der Waals surface area contributed by atoms with Crippen molar-refractivity contribution in [3.8, 4) is 6.07 Å². The smallest absolute Gasteiger partial charge is 0.335 e. The van der Waals surface area contributed by atoms with Gasteiger partial charge in [0, 0.05) is 45.0 Å². The van der Waals surface area contributed by atoms with Gasteiger partial charge in [0.25, 0.3) is 0 Å². The van der Waals surface area contributed by atoms with Crippen LogP contribution in [-0.2, 0) is 16.0 Å². The number of likely N-dealkylation sites (tertiary alicyclic amines) is 1. The molecule has 2 aliphatic rings. The molecule has 4 unspecified atom stereocenters. The second-order valence-corrected chi connectivity index (χ2v) is 10.8. The lowest BCUT2D eigenvalue weighted by atomic mass is 9.87. The quantitative estimate of drug-likeness (QED) is 0.292. The Morgan fingerprint density at radius 3 is 2.10 bits per heavy atom. The molecule has 1 saturated heterocycles. The Hall–Kier alpha value is -4.32. The molecule has 42 heavy (non-hydrogen) atoms. The maximum absolute atomic E-state index is 13.6. The third-order valence-electron chi connectivity index (χ3n) is 7.51. The third kappa shape index (κ3) is 7.69. The molecule has 1 aromatic carbocycles. The summed E-state index contributed by atoms with van der Waals surface area (Å²) in [5.41, 5.74) is 0.879. The molecule has 1 aromatic heterocycles. The highest BCUT2D eigenvalue weighted by molar-refractivity contribution is 5.83. The molecule has 1 aliphatic carbocycles. The topological polar surface area (TPSA) is 196 Å². The largest absolute Gasteiger partial charge is 0.479 e. The van der Waals surface area contributed by atoms with E-state index in [-0.39, 0.29) is 29.7 Å². The normalized spacial score (nSPS) is 22.2. The van der Waals surface area contributed by atoms with Gasteiger partial charge >= 0.3 is 18.0 Å². The zero-order valence-electron chi connectivity index (χ0n) is 23.2. The molecule has 4 atom stereocenters. The molecule has 5 N–H and O–H groups in total. The Morgan fingerprint density at radius 1 is 1.07 bits per heavy atom. The molecule has 1 aliphatic heterocycles. The zero-order chi connectivity index (χ0) is 31.2. The number of halogens is 1. The number of hydrogen-bond acceptors (Lipinski definition) is 8. The standard InChI is InChI=1S/C24H28FN5O2.C4H6O6/c1-28(2)23(32)29-14-18-10-24(11-19(18)15-29,9-17-6-4-3-5-7-17)27-13-22(31)30-16-20(25)8-21(30)12-26;5-1(3(7)8)2(6)4(9)10/h3-8,16,18-19,27H,9-11,13-15H2,1-2H3;1-2,5-6H,(H,7,8)(H,9,10). The summed E-state index contributed by atoms with van der Waals surface area (Å²) in [5.74, 6) is -3.77. The number of fused-ring (bicyclic) bond motifs is 1. The zero-order valence-corrected chi connectivity index (χ0v) is 23.2. The molecule has 1 saturated carbocycles. The first-order valence-corrected chi connectivity index (χ1v) is 13.1. The van der Waals surface area contributed by atoms with Crippen molar-refractivity contribution in [2.45, 2.75) is 37.0 Å². The molecule has 2 amide bonds. The molecular weight excluding hydrogens is 553 g/mol. The lowest BCUT2D eigenvalue weighted by molar-refractivity contribution is -0.165. The number of hydrogen-bond donors (Lipinski definition) is 5. The molecular formula is C28H34FN5O8. The summed E-state index contributed by atoms with van der Waals surface area (Å²) in [6.45, 7) is 1.44. The molecule has 226 valence electrons. The van der Waals surface area contributed by atoms with Crippen LogP contribution < -0.4 is 5.32 Å². The van der Waals surface area contributed by atoms with Crippen LogP contribution in [0.15, 0.2) is 42.6 Å². The van der Waals surface area contributed by atoms with E-state index in [0.29, 0.717) is 11.8 Å². The first-order chi connectivity index (χ1) is 19.8. The fraction of sp³-hybridized carbons (Fsp3) is 0.464. The second kappa shape index (κ2) is 13.6. The monoisotopic (exact) mass is 587 g/mol. The van der Waals surface area contributed by atoms with Crippen molar-refractivity contribution in [1.82, 2.24) is 19.7 Å². The molecule has 0 radical (unpaired) electrons. The number of nitrogens with zero attached hydrogens (tertiary/aromatic N) is 4. The van der Waals surface area contributed by atoms with E-state index in [2.05, 4.69) is 17.4 Å². The molecule has 2 aromatic rings. The summed E-state index contributed by atoms with van der Waals surface area (Å²) in [4.78, 5) is 48.2. The van der Waals surface area contributed by atoms with Gasteiger partial charge in [-0.05, 0) is 36.7 Å². The van der Waals surface area contributed by atoms with Crippen molar-refractivity contribution in [3.05, 3.63) is 59.7 Å². The summed E-state index contributed by atoms with van der Waals surface area (Å²) in [6.07, 6.45) is -1.01. The number of aliphatic hydroxyl groups excluding tert-OH is 2. The van der Waals surface area contributed by atoms with Crippen LogP contribution in [0, 0.1) is 29.0 Å². The average Bonchev–Trinajstić information content (AvgIpc) is 3.62. The number of aromatic nitrogens is 1. The van der Waals surface area contributed by atoms with Crippen molar-refractivity contribution >= 4 is 23.9 Å². The fourth-order valence-corrected chi connectivity index (χ4v) is 5.61. The number of aliphatic hydroxyl groups is 2. The summed E-state index contributed by atoms with van der Waals surface area (Å²) >= 11 is 0. The van der Waals surface area contributed by atoms with E-state index >= 15 is 0 Å². The van der Waals surface area contributed by atoms with Crippen molar-refractivity contribution in [3.63, 3.8) is 0 Å². The first kappa shape index (κ1) is 32.2. The Labute approximate surface area is 241 Å². The Bertz CT molecular complexity index is 1310. The number of amides is 2. The Morgan fingerprint density at radius 2 is 1.62 bits per heavy atom. The molecule has 0 spiro atoms. The van der Waals surface area contributed by atoms with Crippen LogP contribution in [0.3, 0.4) is 0 Å². The lowest BCUT2D eigenvalue weighted by Gasteiger charge is -2.33. The highest BCUT2D eigenvalue weighted by Gasteiger charge is 2.50. The summed E-state index contributed by atoms with van der Waals surface area (Å²) in [6, 6.07) is 13.1. The number of carboxylic acid groups (broad SMARTS) is 2. The summed E-state index contributed by atoms with van der Waals surface area (Å²) < 4.78 is 14.6. The summed E-state index contributed by atoms with van der Waals surface area (Å²) in [5, 5.41) is 45.2. The molecule has 2 fully saturated rings.